The highest BCUT2D eigenvalue weighted by Gasteiger charge is 2.73. The summed E-state index contributed by atoms with van der Waals surface area (Å²) in [5.41, 5.74) is -9.05. The van der Waals surface area contributed by atoms with E-state index in [9.17, 15) is 53.6 Å². The molecule has 0 aromatic heterocycles. The summed E-state index contributed by atoms with van der Waals surface area (Å²) in [5, 5.41) is 1.09. The van der Waals surface area contributed by atoms with E-state index in [4.69, 9.17) is 0 Å². The summed E-state index contributed by atoms with van der Waals surface area (Å²) in [7, 11) is 0. The number of ether oxygens (including phenoxy) is 1. The van der Waals surface area contributed by atoms with Crippen molar-refractivity contribution in [2.75, 3.05) is 11.4 Å². The minimum absolute atomic E-state index is 0.0335. The van der Waals surface area contributed by atoms with Gasteiger partial charge in [-0.15, -0.1) is 13.2 Å². The fourth-order valence-corrected chi connectivity index (χ4v) is 4.09. The van der Waals surface area contributed by atoms with Crippen LogP contribution in [0.4, 0.5) is 55.3 Å². The van der Waals surface area contributed by atoms with Crippen molar-refractivity contribution >= 4 is 39.3 Å². The lowest BCUT2D eigenvalue weighted by Crippen LogP contribution is -2.69. The number of carbonyl (C=O) groups excluding carboxylic acids is 1. The number of nitrogens with zero attached hydrogens (tertiary/aromatic N) is 1. The number of hydrogen-bond acceptors (Lipinski definition) is 4. The minimum Gasteiger partial charge on any atom is -0.403 e. The molecule has 0 atom stereocenters. The van der Waals surface area contributed by atoms with E-state index < -0.39 is 51.8 Å². The van der Waals surface area contributed by atoms with Gasteiger partial charge in [0.15, 0.2) is 5.75 Å². The van der Waals surface area contributed by atoms with Crippen molar-refractivity contribution in [3.63, 3.8) is 0 Å². The summed E-state index contributed by atoms with van der Waals surface area (Å²) in [4.78, 5) is 23.4. The van der Waals surface area contributed by atoms with Crippen molar-refractivity contribution in [3.8, 4) is 5.75 Å². The van der Waals surface area contributed by atoms with Gasteiger partial charge in [0.25, 0.3) is 0 Å². The van der Waals surface area contributed by atoms with Crippen LogP contribution in [0.3, 0.4) is 0 Å². The molecule has 0 aliphatic carbocycles. The quantitative estimate of drug-likeness (QED) is 0.455. The van der Waals surface area contributed by atoms with Crippen LogP contribution in [0.5, 0.6) is 5.75 Å². The van der Waals surface area contributed by atoms with Gasteiger partial charge in [0.1, 0.15) is 0 Å². The summed E-state index contributed by atoms with van der Waals surface area (Å²) < 4.78 is 136. The Morgan fingerprint density at radius 2 is 1.56 bits per heavy atom. The van der Waals surface area contributed by atoms with Crippen LogP contribution in [0.1, 0.15) is 21.5 Å². The molecule has 0 saturated carbocycles. The summed E-state index contributed by atoms with van der Waals surface area (Å²) in [5.74, 6) is -2.73. The number of nitroso groups, excluding NO2 is 1. The number of alkyl halides is 10. The van der Waals surface area contributed by atoms with Crippen molar-refractivity contribution in [2.24, 2.45) is 0 Å². The first-order valence-corrected chi connectivity index (χ1v) is 10.1. The third-order valence-corrected chi connectivity index (χ3v) is 5.57. The number of nitrogens with one attached hydrogen (secondary N) is 1. The van der Waals surface area contributed by atoms with Crippen LogP contribution in [-0.4, -0.2) is 31.2 Å². The van der Waals surface area contributed by atoms with Crippen LogP contribution < -0.4 is 14.8 Å². The summed E-state index contributed by atoms with van der Waals surface area (Å²) in [6.45, 7) is -0.305. The second-order valence-corrected chi connectivity index (χ2v) is 8.08. The number of hydrogen-bond donors (Lipinski definition) is 1. The topological polar surface area (TPSA) is 60.6 Å². The Labute approximate surface area is 202 Å². The van der Waals surface area contributed by atoms with Crippen LogP contribution in [0.2, 0.25) is 0 Å². The molecule has 1 aliphatic heterocycles. The smallest absolute Gasteiger partial charge is 0.403 e. The van der Waals surface area contributed by atoms with Crippen molar-refractivity contribution in [2.45, 2.75) is 24.4 Å². The molecule has 1 aliphatic rings. The lowest BCUT2D eigenvalue weighted by molar-refractivity contribution is -0.369. The molecule has 0 spiro atoms. The van der Waals surface area contributed by atoms with Crippen LogP contribution in [0.25, 0.3) is 6.08 Å². The Kier molecular flexibility index (Phi) is 6.89. The normalized spacial score (nSPS) is 14.5. The minimum atomic E-state index is -6.59. The molecule has 0 radical (unpaired) electrons. The SMILES string of the molecule is O=[NH+]C(=O)c1ccc2c(c1)N(c1c(Br)cc(C(F)(C(F)(F)F)C(F)(F)F)cc1OC(F)(F)F)CC=C2. The van der Waals surface area contributed by atoms with Crippen molar-refractivity contribution < 1.29 is 58.6 Å². The van der Waals surface area contributed by atoms with Gasteiger partial charge in [0.05, 0.1) is 16.4 Å². The molecule has 194 valence electrons. The Hall–Kier alpha value is -3.17. The third kappa shape index (κ3) is 4.90. The predicted molar refractivity (Wildman–Crippen MR) is 107 cm³/mol. The maximum Gasteiger partial charge on any atom is 0.573 e. The summed E-state index contributed by atoms with van der Waals surface area (Å²) in [6, 6.07) is 3.21. The Bertz CT molecular complexity index is 1220. The van der Waals surface area contributed by atoms with E-state index in [0.717, 1.165) is 16.1 Å². The molecular weight excluding hydrogens is 586 g/mol. The fourth-order valence-electron chi connectivity index (χ4n) is 3.44. The summed E-state index contributed by atoms with van der Waals surface area (Å²) >= 11 is 2.64. The number of benzene rings is 2. The number of fused-ring (bicyclic) bond motifs is 1. The maximum atomic E-state index is 14.6. The van der Waals surface area contributed by atoms with Gasteiger partial charge in [-0.3, -0.25) is 0 Å². The summed E-state index contributed by atoms with van der Waals surface area (Å²) in [6.07, 6.45) is -16.0. The number of amides is 1. The molecule has 16 heteroatoms. The lowest BCUT2D eigenvalue weighted by atomic mass is 9.93. The molecule has 2 aromatic carbocycles. The monoisotopic (exact) mass is 595 g/mol. The van der Waals surface area contributed by atoms with E-state index in [-0.39, 0.29) is 35.5 Å². The Morgan fingerprint density at radius 3 is 2.08 bits per heavy atom. The van der Waals surface area contributed by atoms with Crippen LogP contribution in [-0.2, 0) is 5.67 Å². The van der Waals surface area contributed by atoms with Gasteiger partial charge in [-0.05, 0) is 45.8 Å². The zero-order chi connectivity index (χ0) is 27.3. The maximum absolute atomic E-state index is 14.6. The highest BCUT2D eigenvalue weighted by atomic mass is 79.9. The molecule has 5 nitrogen and oxygen atoms in total. The second kappa shape index (κ2) is 9.05. The van der Waals surface area contributed by atoms with E-state index in [1.165, 1.54) is 24.3 Å². The average Bonchev–Trinajstić information content (AvgIpc) is 2.74. The Morgan fingerprint density at radius 1 is 0.944 bits per heavy atom. The second-order valence-electron chi connectivity index (χ2n) is 7.22. The van der Waals surface area contributed by atoms with Gasteiger partial charge in [0.2, 0.25) is 0 Å². The van der Waals surface area contributed by atoms with Gasteiger partial charge >= 0.3 is 30.3 Å². The first kappa shape index (κ1) is 27.4. The molecule has 0 saturated heterocycles. The van der Waals surface area contributed by atoms with Gasteiger partial charge < -0.3 is 9.64 Å². The molecule has 3 rings (SSSR count). The zero-order valence-corrected chi connectivity index (χ0v) is 18.7. The van der Waals surface area contributed by atoms with E-state index in [1.807, 2.05) is 0 Å². The molecule has 1 amide bonds. The Balaban J connectivity index is 2.31. The number of carbonyl (C=O) groups is 1. The largest absolute Gasteiger partial charge is 0.573 e. The highest BCUT2D eigenvalue weighted by molar-refractivity contribution is 9.10. The van der Waals surface area contributed by atoms with Crippen molar-refractivity contribution in [3.05, 3.63) is 62.5 Å². The zero-order valence-electron chi connectivity index (χ0n) is 17.1. The predicted octanol–water partition coefficient (Wildman–Crippen LogP) is 5.79. The van der Waals surface area contributed by atoms with Gasteiger partial charge in [-0.1, -0.05) is 18.2 Å². The fraction of sp³-hybridized carbons (Fsp3) is 0.250. The van der Waals surface area contributed by atoms with Crippen molar-refractivity contribution in [1.82, 2.24) is 0 Å². The third-order valence-electron chi connectivity index (χ3n) is 4.96. The van der Waals surface area contributed by atoms with Crippen LogP contribution >= 0.6 is 15.9 Å². The first-order valence-electron chi connectivity index (χ1n) is 9.33. The van der Waals surface area contributed by atoms with Crippen LogP contribution in [0.15, 0.2) is 40.9 Å². The molecule has 36 heavy (non-hydrogen) atoms. The van der Waals surface area contributed by atoms with Crippen molar-refractivity contribution in [1.29, 1.82) is 0 Å². The van der Waals surface area contributed by atoms with E-state index in [0.29, 0.717) is 0 Å². The highest BCUT2D eigenvalue weighted by Crippen LogP contribution is 2.56. The average molecular weight is 596 g/mol. The van der Waals surface area contributed by atoms with E-state index in [2.05, 4.69) is 20.7 Å². The molecule has 0 unspecified atom stereocenters. The molecule has 0 fully saturated rings. The standard InChI is InChI=1S/C20H9BrF10N2O3/c21-12-7-11(17(22,18(23,24)25)19(26,27)28)8-14(36-20(29,30)31)15(12)33-5-1-2-9-3-4-10(6-13(9)33)16(34)32-35/h1-4,6-8H,5H2/p+1. The molecule has 2 aromatic rings. The number of halogens is 11. The molecular formula is C20H10BrF10N2O3+. The number of rotatable bonds is 4. The van der Waals surface area contributed by atoms with Gasteiger partial charge in [-0.25, -0.2) is 9.18 Å². The first-order chi connectivity index (χ1) is 16.4. The van der Waals surface area contributed by atoms with Gasteiger partial charge in [0, 0.05) is 27.2 Å². The molecule has 0 bridgehead atoms. The molecule has 1 heterocycles. The lowest BCUT2D eigenvalue weighted by Gasteiger charge is -2.34. The molecule has 1 N–H and O–H groups in total. The van der Waals surface area contributed by atoms with E-state index in [1.54, 1.807) is 0 Å². The van der Waals surface area contributed by atoms with E-state index >= 15 is 0 Å². The van der Waals surface area contributed by atoms with Crippen LogP contribution in [0, 0.1) is 4.91 Å². The number of anilines is 2. The van der Waals surface area contributed by atoms with Gasteiger partial charge in [-0.2, -0.15) is 26.3 Å².